The van der Waals surface area contributed by atoms with Gasteiger partial charge in [0, 0.05) is 43.1 Å². The molecule has 0 aliphatic carbocycles. The highest BCUT2D eigenvalue weighted by Crippen LogP contribution is 2.36. The van der Waals surface area contributed by atoms with E-state index in [2.05, 4.69) is 10.5 Å². The second-order valence-electron chi connectivity index (χ2n) is 8.32. The molecule has 2 aliphatic heterocycles. The third-order valence-electron chi connectivity index (χ3n) is 5.87. The monoisotopic (exact) mass is 551 g/mol. The molecule has 1 spiro atoms. The molecule has 0 saturated carbocycles. The standard InChI is InChI=1S/C23H23Cl2N5O5S/c24-18-4-5-19(25)20(13-18)36(32,33)30-11-6-23(7-12-30)14-21(28-35-23)34-22(31)29(10-2-8-26)16-17-3-1-9-27-15-17/h1,3-5,9,13-15,28H,2,6-7,10-12,16H2. The van der Waals surface area contributed by atoms with Crippen LogP contribution in [0.4, 0.5) is 4.79 Å². The van der Waals surface area contributed by atoms with Gasteiger partial charge in [-0.05, 0) is 42.7 Å². The molecule has 1 N–H and O–H groups in total. The molecule has 1 fully saturated rings. The molecular weight excluding hydrogens is 529 g/mol. The summed E-state index contributed by atoms with van der Waals surface area (Å²) in [6, 6.07) is 9.91. The normalized spacial score (nSPS) is 17.2. The first kappa shape index (κ1) is 26.2. The van der Waals surface area contributed by atoms with E-state index in [0.29, 0.717) is 12.8 Å². The van der Waals surface area contributed by atoms with E-state index in [1.165, 1.54) is 27.4 Å². The van der Waals surface area contributed by atoms with Crippen molar-refractivity contribution in [1.29, 1.82) is 5.26 Å². The van der Waals surface area contributed by atoms with Crippen LogP contribution < -0.4 is 5.48 Å². The number of hydrogen-bond donors (Lipinski definition) is 1. The van der Waals surface area contributed by atoms with E-state index < -0.39 is 21.7 Å². The van der Waals surface area contributed by atoms with Crippen molar-refractivity contribution < 1.29 is 22.8 Å². The van der Waals surface area contributed by atoms with Crippen molar-refractivity contribution in [3.05, 3.63) is 70.3 Å². The fourth-order valence-corrected chi connectivity index (χ4v) is 6.13. The third kappa shape index (κ3) is 5.91. The molecule has 4 rings (SSSR count). The number of nitriles is 1. The number of nitrogens with one attached hydrogen (secondary N) is 1. The Morgan fingerprint density at radius 3 is 2.78 bits per heavy atom. The van der Waals surface area contributed by atoms with Crippen LogP contribution in [0.15, 0.2) is 59.6 Å². The van der Waals surface area contributed by atoms with Gasteiger partial charge in [0.05, 0.1) is 24.1 Å². The lowest BCUT2D eigenvalue weighted by Gasteiger charge is -2.35. The van der Waals surface area contributed by atoms with Crippen LogP contribution in [0.1, 0.15) is 24.8 Å². The van der Waals surface area contributed by atoms with Crippen molar-refractivity contribution >= 4 is 39.3 Å². The van der Waals surface area contributed by atoms with Gasteiger partial charge in [-0.15, -0.1) is 0 Å². The number of halogens is 2. The molecule has 0 bridgehead atoms. The van der Waals surface area contributed by atoms with Gasteiger partial charge in [0.2, 0.25) is 15.9 Å². The maximum Gasteiger partial charge on any atom is 0.416 e. The van der Waals surface area contributed by atoms with Gasteiger partial charge >= 0.3 is 6.09 Å². The van der Waals surface area contributed by atoms with E-state index in [9.17, 15) is 13.2 Å². The fraction of sp³-hybridized carbons (Fsp3) is 0.348. The number of rotatable bonds is 7. The summed E-state index contributed by atoms with van der Waals surface area (Å²) in [6.07, 6.45) is 5.06. The zero-order chi connectivity index (χ0) is 25.8. The summed E-state index contributed by atoms with van der Waals surface area (Å²) in [5, 5.41) is 9.32. The van der Waals surface area contributed by atoms with Crippen LogP contribution in [0.2, 0.25) is 10.0 Å². The van der Waals surface area contributed by atoms with Gasteiger partial charge in [0.25, 0.3) is 0 Å². The number of pyridine rings is 1. The Balaban J connectivity index is 1.40. The first-order valence-electron chi connectivity index (χ1n) is 11.1. The van der Waals surface area contributed by atoms with E-state index in [1.54, 1.807) is 24.5 Å². The van der Waals surface area contributed by atoms with Crippen molar-refractivity contribution in [2.24, 2.45) is 0 Å². The Morgan fingerprint density at radius 1 is 1.31 bits per heavy atom. The van der Waals surface area contributed by atoms with E-state index in [-0.39, 0.29) is 53.4 Å². The minimum absolute atomic E-state index is 0.0469. The van der Waals surface area contributed by atoms with E-state index in [4.69, 9.17) is 38.0 Å². The van der Waals surface area contributed by atoms with Gasteiger partial charge in [-0.25, -0.2) is 18.7 Å². The highest BCUT2D eigenvalue weighted by Gasteiger charge is 2.43. The number of hydroxylamine groups is 1. The van der Waals surface area contributed by atoms with E-state index in [1.807, 2.05) is 12.1 Å². The Hall–Kier alpha value is -2.88. The summed E-state index contributed by atoms with van der Waals surface area (Å²) < 4.78 is 33.0. The fourth-order valence-electron chi connectivity index (χ4n) is 3.96. The molecule has 190 valence electrons. The predicted molar refractivity (Wildman–Crippen MR) is 131 cm³/mol. The van der Waals surface area contributed by atoms with Gasteiger partial charge < -0.3 is 9.64 Å². The minimum atomic E-state index is -3.85. The van der Waals surface area contributed by atoms with Crippen molar-refractivity contribution in [1.82, 2.24) is 19.7 Å². The lowest BCUT2D eigenvalue weighted by molar-refractivity contribution is -0.0736. The summed E-state index contributed by atoms with van der Waals surface area (Å²) in [6.45, 7) is 0.745. The van der Waals surface area contributed by atoms with E-state index in [0.717, 1.165) is 5.56 Å². The van der Waals surface area contributed by atoms with Crippen LogP contribution in [-0.2, 0) is 26.1 Å². The largest absolute Gasteiger partial charge is 0.416 e. The Bertz CT molecular complexity index is 1290. The summed E-state index contributed by atoms with van der Waals surface area (Å²) in [7, 11) is -3.85. The molecule has 36 heavy (non-hydrogen) atoms. The SMILES string of the molecule is N#CCCN(Cc1cccnc1)C(=O)OC1=CC2(CCN(S(=O)(=O)c3cc(Cl)ccc3Cl)CC2)ON1. The molecule has 1 aromatic carbocycles. The molecule has 10 nitrogen and oxygen atoms in total. The number of aromatic nitrogens is 1. The average Bonchev–Trinajstić information content (AvgIpc) is 3.25. The van der Waals surface area contributed by atoms with Crippen molar-refractivity contribution in [2.45, 2.75) is 36.3 Å². The first-order chi connectivity index (χ1) is 17.2. The second-order valence-corrected chi connectivity index (χ2v) is 11.1. The maximum atomic E-state index is 13.1. The average molecular weight is 552 g/mol. The number of amides is 1. The van der Waals surface area contributed by atoms with Crippen LogP contribution in [0.25, 0.3) is 0 Å². The summed E-state index contributed by atoms with van der Waals surface area (Å²) in [4.78, 5) is 23.9. The number of carbonyl (C=O) groups is 1. The summed E-state index contributed by atoms with van der Waals surface area (Å²) >= 11 is 12.1. The number of hydrogen-bond acceptors (Lipinski definition) is 8. The summed E-state index contributed by atoms with van der Waals surface area (Å²) in [5.74, 6) is 0.113. The summed E-state index contributed by atoms with van der Waals surface area (Å²) in [5.41, 5.74) is 2.59. The van der Waals surface area contributed by atoms with Gasteiger partial charge in [-0.1, -0.05) is 29.3 Å². The number of carbonyl (C=O) groups excluding carboxylic acids is 1. The molecule has 1 aromatic heterocycles. The van der Waals surface area contributed by atoms with Crippen LogP contribution >= 0.6 is 23.2 Å². The first-order valence-corrected chi connectivity index (χ1v) is 13.3. The molecule has 0 radical (unpaired) electrons. The van der Waals surface area contributed by atoms with Crippen LogP contribution in [0.5, 0.6) is 0 Å². The number of benzene rings is 1. The molecule has 2 aliphatic rings. The Labute approximate surface area is 219 Å². The Morgan fingerprint density at radius 2 is 2.08 bits per heavy atom. The lowest BCUT2D eigenvalue weighted by atomic mass is 9.93. The van der Waals surface area contributed by atoms with Crippen LogP contribution in [-0.4, -0.2) is 53.9 Å². The predicted octanol–water partition coefficient (Wildman–Crippen LogP) is 3.84. The molecule has 13 heteroatoms. The van der Waals surface area contributed by atoms with Crippen molar-refractivity contribution in [3.8, 4) is 6.07 Å². The third-order valence-corrected chi connectivity index (χ3v) is 8.49. The number of piperidine rings is 1. The lowest BCUT2D eigenvalue weighted by Crippen LogP contribution is -2.46. The smallest absolute Gasteiger partial charge is 0.392 e. The molecule has 1 saturated heterocycles. The van der Waals surface area contributed by atoms with Gasteiger partial charge in [-0.3, -0.25) is 9.82 Å². The number of nitrogens with zero attached hydrogens (tertiary/aromatic N) is 4. The minimum Gasteiger partial charge on any atom is -0.392 e. The van der Waals surface area contributed by atoms with Crippen LogP contribution in [0, 0.1) is 11.3 Å². The second kappa shape index (κ2) is 11.0. The Kier molecular flexibility index (Phi) is 8.02. The highest BCUT2D eigenvalue weighted by molar-refractivity contribution is 7.89. The number of ether oxygens (including phenoxy) is 1. The molecular formula is C23H23Cl2N5O5S. The quantitative estimate of drug-likeness (QED) is 0.550. The van der Waals surface area contributed by atoms with Gasteiger partial charge in [0.1, 0.15) is 10.5 Å². The molecule has 2 aromatic rings. The van der Waals surface area contributed by atoms with Crippen molar-refractivity contribution in [2.75, 3.05) is 19.6 Å². The molecule has 0 unspecified atom stereocenters. The zero-order valence-electron chi connectivity index (χ0n) is 19.1. The zero-order valence-corrected chi connectivity index (χ0v) is 21.4. The van der Waals surface area contributed by atoms with Gasteiger partial charge in [0.15, 0.2) is 0 Å². The molecule has 1 amide bonds. The number of sulfonamides is 1. The van der Waals surface area contributed by atoms with Crippen LogP contribution in [0.3, 0.4) is 0 Å². The molecule has 3 heterocycles. The topological polar surface area (TPSA) is 125 Å². The van der Waals surface area contributed by atoms with E-state index >= 15 is 0 Å². The van der Waals surface area contributed by atoms with Gasteiger partial charge in [-0.2, -0.15) is 9.57 Å². The highest BCUT2D eigenvalue weighted by atomic mass is 35.5. The molecule has 0 atom stereocenters. The van der Waals surface area contributed by atoms with Crippen molar-refractivity contribution in [3.63, 3.8) is 0 Å². The maximum absolute atomic E-state index is 13.1.